The topological polar surface area (TPSA) is 118 Å². The molecule has 0 aliphatic rings. The maximum atomic E-state index is 13.0. The van der Waals surface area contributed by atoms with Crippen molar-refractivity contribution in [3.8, 4) is 5.75 Å². The van der Waals surface area contributed by atoms with Gasteiger partial charge in [0, 0.05) is 0 Å². The highest BCUT2D eigenvalue weighted by Gasteiger charge is 2.29. The summed E-state index contributed by atoms with van der Waals surface area (Å²) in [6.07, 6.45) is 0. The predicted molar refractivity (Wildman–Crippen MR) is 74.9 cm³/mol. The van der Waals surface area contributed by atoms with Crippen molar-refractivity contribution in [1.82, 2.24) is 0 Å². The second-order valence-corrected chi connectivity index (χ2v) is 6.95. The molecule has 22 heavy (non-hydrogen) atoms. The molecule has 0 aliphatic heterocycles. The molecule has 0 saturated carbocycles. The average molecular weight is 358 g/mol. The first-order chi connectivity index (χ1) is 9.74. The van der Waals surface area contributed by atoms with Gasteiger partial charge < -0.3 is 14.2 Å². The van der Waals surface area contributed by atoms with Crippen molar-refractivity contribution in [3.63, 3.8) is 0 Å². The Morgan fingerprint density at radius 2 is 1.50 bits per heavy atom. The Morgan fingerprint density at radius 3 is 1.86 bits per heavy atom. The summed E-state index contributed by atoms with van der Waals surface area (Å²) in [7, 11) is -12.6. The maximum Gasteiger partial charge on any atom is 0.489 e. The number of benzene rings is 1. The standard InChI is InChI=1S/C10H13BF2O7S2/c1-5-8(4-21(12,16)17)6(2)10(20-22(13,18)19)7(3)9(5)11(14)15/h14-15H,4H2,1-3H3. The normalized spacial score (nSPS) is 12.3. The highest BCUT2D eigenvalue weighted by atomic mass is 32.3. The Morgan fingerprint density at radius 1 is 1.00 bits per heavy atom. The van der Waals surface area contributed by atoms with E-state index in [1.807, 2.05) is 0 Å². The SMILES string of the molecule is Cc1c(CS(=O)(=O)F)c(C)c(B(O)O)c(C)c1OS(=O)(=O)F. The van der Waals surface area contributed by atoms with Crippen LogP contribution in [0.4, 0.5) is 7.77 Å². The lowest BCUT2D eigenvalue weighted by Gasteiger charge is -2.19. The molecule has 0 atom stereocenters. The minimum Gasteiger partial charge on any atom is -0.423 e. The molecule has 0 fully saturated rings. The van der Waals surface area contributed by atoms with Gasteiger partial charge in [0.25, 0.3) is 0 Å². The lowest BCUT2D eigenvalue weighted by molar-refractivity contribution is 0.422. The molecule has 7 nitrogen and oxygen atoms in total. The van der Waals surface area contributed by atoms with Crippen LogP contribution in [-0.2, 0) is 26.5 Å². The molecule has 12 heteroatoms. The lowest BCUT2D eigenvalue weighted by atomic mass is 9.72. The summed E-state index contributed by atoms with van der Waals surface area (Å²) < 4.78 is 72.9. The first kappa shape index (κ1) is 18.8. The van der Waals surface area contributed by atoms with Crippen molar-refractivity contribution < 1.29 is 38.8 Å². The van der Waals surface area contributed by atoms with Crippen molar-refractivity contribution in [2.45, 2.75) is 26.5 Å². The third-order valence-electron chi connectivity index (χ3n) is 3.15. The van der Waals surface area contributed by atoms with E-state index in [-0.39, 0.29) is 27.7 Å². The second-order valence-electron chi connectivity index (χ2n) is 4.63. The quantitative estimate of drug-likeness (QED) is 0.547. The van der Waals surface area contributed by atoms with E-state index in [9.17, 15) is 34.7 Å². The van der Waals surface area contributed by atoms with Crippen LogP contribution in [0.2, 0.25) is 0 Å². The summed E-state index contributed by atoms with van der Waals surface area (Å²) >= 11 is 0. The first-order valence-electron chi connectivity index (χ1n) is 5.79. The van der Waals surface area contributed by atoms with Crippen molar-refractivity contribution in [3.05, 3.63) is 22.3 Å². The second kappa shape index (κ2) is 6.10. The molecule has 1 rings (SSSR count). The van der Waals surface area contributed by atoms with Crippen molar-refractivity contribution >= 4 is 33.3 Å². The van der Waals surface area contributed by atoms with Crippen LogP contribution in [-0.4, -0.2) is 34.0 Å². The van der Waals surface area contributed by atoms with Gasteiger partial charge in [0.1, 0.15) is 5.75 Å². The van der Waals surface area contributed by atoms with Gasteiger partial charge in [-0.1, -0.05) is 3.89 Å². The number of halogens is 2. The molecule has 0 saturated heterocycles. The zero-order valence-electron chi connectivity index (χ0n) is 11.8. The molecule has 0 heterocycles. The fraction of sp³-hybridized carbons (Fsp3) is 0.400. The molecule has 0 bridgehead atoms. The van der Waals surface area contributed by atoms with Gasteiger partial charge >= 0.3 is 27.8 Å². The van der Waals surface area contributed by atoms with Crippen molar-refractivity contribution in [2.75, 3.05) is 0 Å². The van der Waals surface area contributed by atoms with E-state index < -0.39 is 39.3 Å². The molecule has 1 aromatic carbocycles. The van der Waals surface area contributed by atoms with E-state index in [1.54, 1.807) is 0 Å². The van der Waals surface area contributed by atoms with Crippen LogP contribution in [0.15, 0.2) is 0 Å². The van der Waals surface area contributed by atoms with Gasteiger partial charge in [-0.25, -0.2) is 0 Å². The number of hydrogen-bond acceptors (Lipinski definition) is 7. The molecule has 124 valence electrons. The van der Waals surface area contributed by atoms with Crippen LogP contribution < -0.4 is 9.65 Å². The van der Waals surface area contributed by atoms with E-state index in [0.29, 0.717) is 0 Å². The maximum absolute atomic E-state index is 13.0. The van der Waals surface area contributed by atoms with Crippen LogP contribution >= 0.6 is 0 Å². The van der Waals surface area contributed by atoms with Gasteiger partial charge in [0.15, 0.2) is 5.75 Å². The van der Waals surface area contributed by atoms with Crippen LogP contribution in [0.5, 0.6) is 5.75 Å². The van der Waals surface area contributed by atoms with E-state index >= 15 is 0 Å². The summed E-state index contributed by atoms with van der Waals surface area (Å²) in [6.45, 7) is 3.72. The van der Waals surface area contributed by atoms with E-state index in [2.05, 4.69) is 4.18 Å². The summed E-state index contributed by atoms with van der Waals surface area (Å²) in [5, 5.41) is 18.7. The van der Waals surface area contributed by atoms with Crippen LogP contribution in [0, 0.1) is 20.8 Å². The number of hydrogen-bond donors (Lipinski definition) is 2. The third-order valence-corrected chi connectivity index (χ3v) is 4.15. The molecule has 0 unspecified atom stereocenters. The van der Waals surface area contributed by atoms with Crippen molar-refractivity contribution in [1.29, 1.82) is 0 Å². The first-order valence-corrected chi connectivity index (χ1v) is 8.65. The lowest BCUT2D eigenvalue weighted by Crippen LogP contribution is -2.36. The zero-order valence-corrected chi connectivity index (χ0v) is 13.4. The Labute approximate surface area is 127 Å². The molecular weight excluding hydrogens is 345 g/mol. The molecule has 0 amide bonds. The average Bonchev–Trinajstić information content (AvgIpc) is 2.27. The van der Waals surface area contributed by atoms with E-state index in [0.717, 1.165) is 0 Å². The van der Waals surface area contributed by atoms with Gasteiger partial charge in [0.2, 0.25) is 0 Å². The van der Waals surface area contributed by atoms with Gasteiger partial charge in [0.05, 0.1) is 0 Å². The van der Waals surface area contributed by atoms with Crippen molar-refractivity contribution in [2.24, 2.45) is 0 Å². The highest BCUT2D eigenvalue weighted by molar-refractivity contribution is 7.85. The molecule has 1 aromatic rings. The summed E-state index contributed by atoms with van der Waals surface area (Å²) in [5.74, 6) is -1.76. The van der Waals surface area contributed by atoms with E-state index in [1.165, 1.54) is 20.8 Å². The zero-order chi connectivity index (χ0) is 17.5. The molecule has 0 aliphatic carbocycles. The Hall–Kier alpha value is -1.24. The fourth-order valence-corrected chi connectivity index (χ4v) is 3.49. The van der Waals surface area contributed by atoms with Crippen LogP contribution in [0.1, 0.15) is 22.3 Å². The minimum absolute atomic E-state index is 0.0230. The molecule has 0 spiro atoms. The fourth-order valence-electron chi connectivity index (χ4n) is 2.27. The Bertz CT molecular complexity index is 742. The van der Waals surface area contributed by atoms with Crippen LogP contribution in [0.25, 0.3) is 0 Å². The minimum atomic E-state index is -5.44. The highest BCUT2D eigenvalue weighted by Crippen LogP contribution is 2.31. The number of rotatable bonds is 5. The summed E-state index contributed by atoms with van der Waals surface area (Å²) in [4.78, 5) is 0. The summed E-state index contributed by atoms with van der Waals surface area (Å²) in [5.41, 5.74) is -0.763. The van der Waals surface area contributed by atoms with Crippen LogP contribution in [0.3, 0.4) is 0 Å². The third kappa shape index (κ3) is 4.38. The van der Waals surface area contributed by atoms with Gasteiger partial charge in [-0.05, 0) is 48.5 Å². The summed E-state index contributed by atoms with van der Waals surface area (Å²) in [6, 6.07) is 0. The van der Waals surface area contributed by atoms with Gasteiger partial charge in [-0.15, -0.1) is 3.89 Å². The largest absolute Gasteiger partial charge is 0.489 e. The molecular formula is C10H13BF2O7S2. The van der Waals surface area contributed by atoms with Gasteiger partial charge in [-0.3, -0.25) is 0 Å². The van der Waals surface area contributed by atoms with Gasteiger partial charge in [-0.2, -0.15) is 16.8 Å². The molecule has 0 aromatic heterocycles. The molecule has 0 radical (unpaired) electrons. The smallest absolute Gasteiger partial charge is 0.423 e. The Kier molecular flexibility index (Phi) is 5.22. The Balaban J connectivity index is 3.78. The molecule has 2 N–H and O–H groups in total. The predicted octanol–water partition coefficient (Wildman–Crippen LogP) is -0.316. The van der Waals surface area contributed by atoms with E-state index in [4.69, 9.17) is 0 Å². The monoisotopic (exact) mass is 358 g/mol.